The van der Waals surface area contributed by atoms with E-state index in [4.69, 9.17) is 4.52 Å². The third kappa shape index (κ3) is 3.44. The van der Waals surface area contributed by atoms with Gasteiger partial charge in [-0.25, -0.2) is 9.97 Å². The summed E-state index contributed by atoms with van der Waals surface area (Å²) in [5, 5.41) is 4.04. The van der Waals surface area contributed by atoms with Gasteiger partial charge in [0, 0.05) is 58.4 Å². The molecule has 1 fully saturated rings. The van der Waals surface area contributed by atoms with E-state index in [2.05, 4.69) is 24.9 Å². The second-order valence-corrected chi connectivity index (χ2v) is 6.19. The zero-order chi connectivity index (χ0) is 16.4. The van der Waals surface area contributed by atoms with Crippen LogP contribution in [0.3, 0.4) is 0 Å². The highest BCUT2D eigenvalue weighted by Crippen LogP contribution is 2.20. The number of hydrogen-bond acceptors (Lipinski definition) is 7. The molecule has 0 unspecified atom stereocenters. The zero-order valence-corrected chi connectivity index (χ0v) is 14.3. The molecule has 1 aliphatic rings. The highest BCUT2D eigenvalue weighted by atomic mass is 16.5. The lowest BCUT2D eigenvalue weighted by Crippen LogP contribution is -2.46. The van der Waals surface area contributed by atoms with Gasteiger partial charge in [0.15, 0.2) is 0 Å². The largest absolute Gasteiger partial charge is 0.363 e. The number of aromatic nitrogens is 3. The third-order valence-corrected chi connectivity index (χ3v) is 4.36. The van der Waals surface area contributed by atoms with Crippen LogP contribution in [-0.4, -0.2) is 60.3 Å². The first kappa shape index (κ1) is 15.7. The molecular weight excluding hydrogens is 292 g/mol. The van der Waals surface area contributed by atoms with Crippen LogP contribution in [0.5, 0.6) is 0 Å². The highest BCUT2D eigenvalue weighted by Gasteiger charge is 2.21. The van der Waals surface area contributed by atoms with Gasteiger partial charge in [-0.15, -0.1) is 0 Å². The number of rotatable bonds is 4. The molecule has 7 heteroatoms. The van der Waals surface area contributed by atoms with Crippen LogP contribution in [0.4, 0.5) is 11.6 Å². The normalized spacial score (nSPS) is 15.9. The van der Waals surface area contributed by atoms with Gasteiger partial charge in [-0.2, -0.15) is 0 Å². The summed E-state index contributed by atoms with van der Waals surface area (Å²) in [7, 11) is 3.99. The molecule has 0 spiro atoms. The Bertz CT molecular complexity index is 641. The first-order valence-corrected chi connectivity index (χ1v) is 7.93. The van der Waals surface area contributed by atoms with Gasteiger partial charge < -0.3 is 14.3 Å². The smallest absolute Gasteiger partial charge is 0.138 e. The first-order chi connectivity index (χ1) is 11.0. The molecule has 0 aromatic carbocycles. The van der Waals surface area contributed by atoms with Crippen molar-refractivity contribution in [2.75, 3.05) is 50.1 Å². The van der Waals surface area contributed by atoms with Crippen LogP contribution in [-0.2, 0) is 6.54 Å². The Hall–Kier alpha value is -2.15. The van der Waals surface area contributed by atoms with Gasteiger partial charge in [-0.05, 0) is 13.8 Å². The van der Waals surface area contributed by atoms with Crippen molar-refractivity contribution in [1.29, 1.82) is 0 Å². The van der Waals surface area contributed by atoms with E-state index < -0.39 is 0 Å². The molecule has 124 valence electrons. The molecule has 0 radical (unpaired) electrons. The summed E-state index contributed by atoms with van der Waals surface area (Å²) in [4.78, 5) is 15.5. The van der Waals surface area contributed by atoms with Crippen molar-refractivity contribution in [3.05, 3.63) is 29.4 Å². The maximum atomic E-state index is 5.25. The van der Waals surface area contributed by atoms with Crippen LogP contribution in [0.25, 0.3) is 0 Å². The maximum Gasteiger partial charge on any atom is 0.138 e. The van der Waals surface area contributed by atoms with E-state index in [1.807, 2.05) is 38.9 Å². The minimum atomic E-state index is 0.904. The third-order valence-electron chi connectivity index (χ3n) is 4.36. The molecule has 0 atom stereocenters. The number of aryl methyl sites for hydroxylation is 2. The van der Waals surface area contributed by atoms with Crippen LogP contribution in [0.2, 0.25) is 0 Å². The molecule has 0 saturated carbocycles. The van der Waals surface area contributed by atoms with E-state index >= 15 is 0 Å². The lowest BCUT2D eigenvalue weighted by molar-refractivity contribution is 0.247. The van der Waals surface area contributed by atoms with Gasteiger partial charge in [-0.3, -0.25) is 4.90 Å². The van der Waals surface area contributed by atoms with E-state index in [1.54, 1.807) is 6.33 Å². The van der Waals surface area contributed by atoms with E-state index in [9.17, 15) is 0 Å². The molecular formula is C16H24N6O. The monoisotopic (exact) mass is 316 g/mol. The molecule has 23 heavy (non-hydrogen) atoms. The molecule has 0 aliphatic carbocycles. The van der Waals surface area contributed by atoms with E-state index in [0.29, 0.717) is 0 Å². The average Bonchev–Trinajstić information content (AvgIpc) is 2.87. The number of anilines is 2. The van der Waals surface area contributed by atoms with Gasteiger partial charge in [0.05, 0.1) is 5.69 Å². The summed E-state index contributed by atoms with van der Waals surface area (Å²) in [6.45, 7) is 8.83. The predicted octanol–water partition coefficient (Wildman–Crippen LogP) is 1.47. The van der Waals surface area contributed by atoms with Crippen molar-refractivity contribution >= 4 is 11.6 Å². The summed E-state index contributed by atoms with van der Waals surface area (Å²) in [5.74, 6) is 2.87. The fourth-order valence-corrected chi connectivity index (χ4v) is 2.84. The van der Waals surface area contributed by atoms with Crippen molar-refractivity contribution in [3.8, 4) is 0 Å². The maximum absolute atomic E-state index is 5.25. The Morgan fingerprint density at radius 1 is 1.13 bits per heavy atom. The van der Waals surface area contributed by atoms with Crippen molar-refractivity contribution in [3.63, 3.8) is 0 Å². The zero-order valence-electron chi connectivity index (χ0n) is 14.3. The molecule has 2 aromatic heterocycles. The van der Waals surface area contributed by atoms with E-state index in [0.717, 1.165) is 55.8 Å². The van der Waals surface area contributed by atoms with Gasteiger partial charge in [-0.1, -0.05) is 5.16 Å². The fraction of sp³-hybridized carbons (Fsp3) is 0.562. The Kier molecular flexibility index (Phi) is 4.47. The van der Waals surface area contributed by atoms with Crippen LogP contribution in [0.1, 0.15) is 17.0 Å². The molecule has 3 heterocycles. The topological polar surface area (TPSA) is 61.5 Å². The van der Waals surface area contributed by atoms with Crippen molar-refractivity contribution in [2.45, 2.75) is 20.4 Å². The summed E-state index contributed by atoms with van der Waals surface area (Å²) < 4.78 is 5.25. The van der Waals surface area contributed by atoms with Gasteiger partial charge in [0.25, 0.3) is 0 Å². The highest BCUT2D eigenvalue weighted by molar-refractivity contribution is 5.49. The fourth-order valence-electron chi connectivity index (χ4n) is 2.84. The molecule has 3 rings (SSSR count). The predicted molar refractivity (Wildman–Crippen MR) is 89.8 cm³/mol. The van der Waals surface area contributed by atoms with Gasteiger partial charge in [0.2, 0.25) is 0 Å². The Balaban J connectivity index is 1.61. The molecule has 0 amide bonds. The minimum absolute atomic E-state index is 0.904. The summed E-state index contributed by atoms with van der Waals surface area (Å²) in [6.07, 6.45) is 1.64. The number of hydrogen-bond donors (Lipinski definition) is 0. The summed E-state index contributed by atoms with van der Waals surface area (Å²) in [6, 6.07) is 2.05. The summed E-state index contributed by atoms with van der Waals surface area (Å²) >= 11 is 0. The Labute approximate surface area is 136 Å². The van der Waals surface area contributed by atoms with E-state index in [1.165, 1.54) is 5.56 Å². The van der Waals surface area contributed by atoms with Crippen molar-refractivity contribution in [1.82, 2.24) is 20.0 Å². The minimum Gasteiger partial charge on any atom is -0.363 e. The standard InChI is InChI=1S/C16H24N6O/c1-12-14(13(2)23-19-12)10-21-5-7-22(8-6-21)16-9-15(20(3)4)17-11-18-16/h9,11H,5-8,10H2,1-4H3. The second kappa shape index (κ2) is 6.54. The molecule has 2 aromatic rings. The Morgan fingerprint density at radius 2 is 1.87 bits per heavy atom. The second-order valence-electron chi connectivity index (χ2n) is 6.19. The van der Waals surface area contributed by atoms with Crippen LogP contribution in [0.15, 0.2) is 16.9 Å². The lowest BCUT2D eigenvalue weighted by atomic mass is 10.2. The number of piperazine rings is 1. The Morgan fingerprint density at radius 3 is 2.48 bits per heavy atom. The average molecular weight is 316 g/mol. The van der Waals surface area contributed by atoms with Crippen molar-refractivity contribution in [2.24, 2.45) is 0 Å². The van der Waals surface area contributed by atoms with Gasteiger partial charge in [0.1, 0.15) is 23.7 Å². The van der Waals surface area contributed by atoms with Gasteiger partial charge >= 0.3 is 0 Å². The quantitative estimate of drug-likeness (QED) is 0.846. The molecule has 7 nitrogen and oxygen atoms in total. The molecule has 0 N–H and O–H groups in total. The SMILES string of the molecule is Cc1noc(C)c1CN1CCN(c2cc(N(C)C)ncn2)CC1. The lowest BCUT2D eigenvalue weighted by Gasteiger charge is -2.35. The number of nitrogens with zero attached hydrogens (tertiary/aromatic N) is 6. The van der Waals surface area contributed by atoms with Crippen molar-refractivity contribution < 1.29 is 4.52 Å². The van der Waals surface area contributed by atoms with E-state index in [-0.39, 0.29) is 0 Å². The molecule has 1 saturated heterocycles. The molecule has 0 bridgehead atoms. The van der Waals surface area contributed by atoms with Crippen LogP contribution in [0, 0.1) is 13.8 Å². The summed E-state index contributed by atoms with van der Waals surface area (Å²) in [5.41, 5.74) is 2.21. The van der Waals surface area contributed by atoms with Crippen LogP contribution < -0.4 is 9.80 Å². The molecule has 1 aliphatic heterocycles. The first-order valence-electron chi connectivity index (χ1n) is 7.93. The van der Waals surface area contributed by atoms with Crippen LogP contribution >= 0.6 is 0 Å².